The van der Waals surface area contributed by atoms with E-state index in [9.17, 15) is 0 Å². The van der Waals surface area contributed by atoms with Crippen molar-refractivity contribution in [1.29, 1.82) is 5.41 Å². The van der Waals surface area contributed by atoms with Crippen molar-refractivity contribution in [2.45, 2.75) is 18.9 Å². The van der Waals surface area contributed by atoms with Gasteiger partial charge in [-0.25, -0.2) is 9.97 Å². The molecule has 1 heterocycles. The van der Waals surface area contributed by atoms with E-state index in [1.807, 2.05) is 12.1 Å². The smallest absolute Gasteiger partial charge is 0.223 e. The lowest BCUT2D eigenvalue weighted by Crippen LogP contribution is -2.22. The minimum atomic E-state index is -0.0604. The lowest BCUT2D eigenvalue weighted by Gasteiger charge is -2.14. The van der Waals surface area contributed by atoms with E-state index >= 15 is 0 Å². The van der Waals surface area contributed by atoms with Crippen LogP contribution in [0.25, 0.3) is 11.3 Å². The number of nitrogens with two attached hydrogens (primary N) is 1. The van der Waals surface area contributed by atoms with Crippen molar-refractivity contribution in [3.63, 3.8) is 0 Å². The van der Waals surface area contributed by atoms with Crippen LogP contribution in [0.5, 0.6) is 0 Å². The van der Waals surface area contributed by atoms with Gasteiger partial charge in [0.25, 0.3) is 0 Å². The zero-order valence-electron chi connectivity index (χ0n) is 14.0. The fourth-order valence-corrected chi connectivity index (χ4v) is 3.45. The van der Waals surface area contributed by atoms with Crippen molar-refractivity contribution in [3.05, 3.63) is 76.4 Å². The Balaban J connectivity index is 1.63. The summed E-state index contributed by atoms with van der Waals surface area (Å²) in [7, 11) is 0. The molecule has 26 heavy (non-hydrogen) atoms. The first-order valence-corrected chi connectivity index (χ1v) is 8.78. The van der Waals surface area contributed by atoms with E-state index in [-0.39, 0.29) is 11.9 Å². The summed E-state index contributed by atoms with van der Waals surface area (Å²) in [6.45, 7) is 0. The zero-order chi connectivity index (χ0) is 18.1. The molecule has 1 aliphatic carbocycles. The van der Waals surface area contributed by atoms with E-state index in [0.717, 1.165) is 18.4 Å². The fourth-order valence-electron chi connectivity index (χ4n) is 3.32. The molecule has 1 aliphatic rings. The van der Waals surface area contributed by atoms with Crippen molar-refractivity contribution < 1.29 is 0 Å². The number of aromatic nitrogens is 2. The number of halogens is 1. The van der Waals surface area contributed by atoms with Gasteiger partial charge in [-0.3, -0.25) is 5.41 Å². The molecular weight excluding hydrogens is 346 g/mol. The highest BCUT2D eigenvalue weighted by molar-refractivity contribution is 6.30. The van der Waals surface area contributed by atoms with E-state index in [0.29, 0.717) is 22.2 Å². The monoisotopic (exact) mass is 363 g/mol. The molecule has 6 heteroatoms. The number of hydrogen-bond acceptors (Lipinski definition) is 4. The van der Waals surface area contributed by atoms with Gasteiger partial charge in [-0.1, -0.05) is 48.0 Å². The van der Waals surface area contributed by atoms with Crippen LogP contribution in [0.3, 0.4) is 0 Å². The summed E-state index contributed by atoms with van der Waals surface area (Å²) in [6.07, 6.45) is 3.50. The molecule has 1 aromatic heterocycles. The van der Waals surface area contributed by atoms with Crippen LogP contribution >= 0.6 is 11.6 Å². The van der Waals surface area contributed by atoms with Crippen molar-refractivity contribution >= 4 is 23.4 Å². The Kier molecular flexibility index (Phi) is 4.31. The quantitative estimate of drug-likeness (QED) is 0.487. The molecule has 4 N–H and O–H groups in total. The third-order valence-corrected chi connectivity index (χ3v) is 4.83. The molecule has 0 bridgehead atoms. The molecule has 0 amide bonds. The van der Waals surface area contributed by atoms with E-state index in [2.05, 4.69) is 39.6 Å². The van der Waals surface area contributed by atoms with Crippen LogP contribution < -0.4 is 11.1 Å². The summed E-state index contributed by atoms with van der Waals surface area (Å²) in [5.74, 6) is 0.479. The van der Waals surface area contributed by atoms with Crippen LogP contribution in [-0.2, 0) is 12.8 Å². The number of anilines is 1. The second-order valence-electron chi connectivity index (χ2n) is 6.39. The van der Waals surface area contributed by atoms with Gasteiger partial charge in [0.15, 0.2) is 0 Å². The summed E-state index contributed by atoms with van der Waals surface area (Å²) in [5.41, 5.74) is 10.4. The summed E-state index contributed by atoms with van der Waals surface area (Å²) in [6, 6.07) is 16.0. The lowest BCUT2D eigenvalue weighted by atomic mass is 10.1. The van der Waals surface area contributed by atoms with Crippen LogP contribution in [-0.4, -0.2) is 21.8 Å². The largest absolute Gasteiger partial charge is 0.384 e. The maximum absolute atomic E-state index is 7.80. The highest BCUT2D eigenvalue weighted by atomic mass is 35.5. The van der Waals surface area contributed by atoms with Gasteiger partial charge in [0.05, 0.1) is 11.3 Å². The number of hydrogen-bond donors (Lipinski definition) is 3. The van der Waals surface area contributed by atoms with Gasteiger partial charge >= 0.3 is 0 Å². The first-order valence-electron chi connectivity index (χ1n) is 8.41. The summed E-state index contributed by atoms with van der Waals surface area (Å²) < 4.78 is 0. The predicted octanol–water partition coefficient (Wildman–Crippen LogP) is 3.66. The molecule has 0 unspecified atom stereocenters. The Labute approximate surface area is 156 Å². The molecule has 4 rings (SSSR count). The van der Waals surface area contributed by atoms with Crippen molar-refractivity contribution in [2.24, 2.45) is 5.73 Å². The van der Waals surface area contributed by atoms with Crippen LogP contribution in [0, 0.1) is 5.41 Å². The first-order chi connectivity index (χ1) is 12.6. The number of nitrogen functional groups attached to an aromatic ring is 1. The number of amidine groups is 1. The molecule has 0 saturated heterocycles. The topological polar surface area (TPSA) is 87.7 Å². The highest BCUT2D eigenvalue weighted by Gasteiger charge is 2.22. The second kappa shape index (κ2) is 6.77. The van der Waals surface area contributed by atoms with Crippen molar-refractivity contribution in [3.8, 4) is 11.3 Å². The normalized spacial score (nSPS) is 13.4. The van der Waals surface area contributed by atoms with E-state index in [4.69, 9.17) is 22.7 Å². The third kappa shape index (κ3) is 3.26. The molecule has 5 nitrogen and oxygen atoms in total. The molecule has 0 aliphatic heterocycles. The number of nitrogens with one attached hydrogen (secondary N) is 2. The Morgan fingerprint density at radius 3 is 2.35 bits per heavy atom. The molecular formula is C20H18ClN5. The van der Waals surface area contributed by atoms with Gasteiger partial charge < -0.3 is 11.1 Å². The Hall–Kier alpha value is -2.92. The molecule has 0 saturated carbocycles. The Bertz CT molecular complexity index is 943. The maximum Gasteiger partial charge on any atom is 0.223 e. The van der Waals surface area contributed by atoms with Crippen LogP contribution in [0.1, 0.15) is 16.7 Å². The van der Waals surface area contributed by atoms with Gasteiger partial charge in [0.2, 0.25) is 5.95 Å². The molecule has 3 aromatic rings. The van der Waals surface area contributed by atoms with E-state index in [1.165, 1.54) is 11.1 Å². The molecule has 0 radical (unpaired) electrons. The third-order valence-electron chi connectivity index (χ3n) is 4.58. The fraction of sp³-hybridized carbons (Fsp3) is 0.150. The van der Waals surface area contributed by atoms with Crippen molar-refractivity contribution in [1.82, 2.24) is 9.97 Å². The Morgan fingerprint density at radius 2 is 1.73 bits per heavy atom. The highest BCUT2D eigenvalue weighted by Crippen LogP contribution is 2.26. The SMILES string of the molecule is N=C(N)c1cnc(NC2Cc3ccccc3C2)nc1-c1ccc(Cl)cc1. The zero-order valence-corrected chi connectivity index (χ0v) is 14.8. The van der Waals surface area contributed by atoms with E-state index in [1.54, 1.807) is 18.3 Å². The first kappa shape index (κ1) is 16.5. The summed E-state index contributed by atoms with van der Waals surface area (Å²) >= 11 is 5.98. The minimum absolute atomic E-state index is 0.0604. The Morgan fingerprint density at radius 1 is 1.08 bits per heavy atom. The number of fused-ring (bicyclic) bond motifs is 1. The van der Waals surface area contributed by atoms with Crippen LogP contribution in [0.15, 0.2) is 54.7 Å². The second-order valence-corrected chi connectivity index (χ2v) is 6.83. The predicted molar refractivity (Wildman–Crippen MR) is 105 cm³/mol. The van der Waals surface area contributed by atoms with Crippen molar-refractivity contribution in [2.75, 3.05) is 5.32 Å². The number of benzene rings is 2. The molecule has 2 aromatic carbocycles. The van der Waals surface area contributed by atoms with Gasteiger partial charge in [0, 0.05) is 22.8 Å². The number of nitrogens with zero attached hydrogens (tertiary/aromatic N) is 2. The standard InChI is InChI=1S/C20H18ClN5/c21-15-7-5-12(6-8-15)18-17(19(22)23)11-24-20(26-18)25-16-9-13-3-1-2-4-14(13)10-16/h1-8,11,16H,9-10H2,(H3,22,23)(H,24,25,26). The van der Waals surface area contributed by atoms with E-state index < -0.39 is 0 Å². The minimum Gasteiger partial charge on any atom is -0.384 e. The molecule has 130 valence electrons. The molecule has 0 spiro atoms. The average Bonchev–Trinajstić information content (AvgIpc) is 3.04. The summed E-state index contributed by atoms with van der Waals surface area (Å²) in [4.78, 5) is 8.99. The van der Waals surface area contributed by atoms with Gasteiger partial charge in [0.1, 0.15) is 5.84 Å². The molecule has 0 atom stereocenters. The summed E-state index contributed by atoms with van der Waals surface area (Å²) in [5, 5.41) is 11.9. The van der Waals surface area contributed by atoms with Gasteiger partial charge in [-0.15, -0.1) is 0 Å². The maximum atomic E-state index is 7.80. The number of rotatable bonds is 4. The lowest BCUT2D eigenvalue weighted by molar-refractivity contribution is 0.762. The van der Waals surface area contributed by atoms with Gasteiger partial charge in [-0.05, 0) is 36.1 Å². The van der Waals surface area contributed by atoms with Crippen LogP contribution in [0.2, 0.25) is 5.02 Å². The molecule has 0 fully saturated rings. The van der Waals surface area contributed by atoms with Crippen LogP contribution in [0.4, 0.5) is 5.95 Å². The van der Waals surface area contributed by atoms with Gasteiger partial charge in [-0.2, -0.15) is 0 Å². The average molecular weight is 364 g/mol.